The number of hydrogen-bond donors (Lipinski definition) is 1. The maximum absolute atomic E-state index is 5.57. The molecule has 18 heavy (non-hydrogen) atoms. The first-order valence-corrected chi connectivity index (χ1v) is 6.57. The summed E-state index contributed by atoms with van der Waals surface area (Å²) in [5.41, 5.74) is 1.22. The van der Waals surface area contributed by atoms with E-state index in [1.54, 1.807) is 0 Å². The average Bonchev–Trinajstić information content (AvgIpc) is 2.41. The van der Waals surface area contributed by atoms with Crippen molar-refractivity contribution in [2.45, 2.75) is 26.8 Å². The van der Waals surface area contributed by atoms with E-state index in [1.807, 2.05) is 19.2 Å². The second kappa shape index (κ2) is 6.36. The largest absolute Gasteiger partial charge is 0.478 e. The van der Waals surface area contributed by atoms with Gasteiger partial charge in [-0.05, 0) is 36.9 Å². The van der Waals surface area contributed by atoms with E-state index in [2.05, 4.69) is 35.4 Å². The molecular weight excluding hydrogens is 224 g/mol. The van der Waals surface area contributed by atoms with Gasteiger partial charge < -0.3 is 10.1 Å². The van der Waals surface area contributed by atoms with Crippen LogP contribution in [0.2, 0.25) is 0 Å². The zero-order chi connectivity index (χ0) is 12.8. The van der Waals surface area contributed by atoms with Gasteiger partial charge in [-0.15, -0.1) is 0 Å². The van der Waals surface area contributed by atoms with Crippen LogP contribution in [0.25, 0.3) is 10.8 Å². The molecule has 1 aromatic heterocycles. The Morgan fingerprint density at radius 3 is 2.67 bits per heavy atom. The highest BCUT2D eigenvalue weighted by Gasteiger charge is 2.07. The van der Waals surface area contributed by atoms with Gasteiger partial charge in [0.25, 0.3) is 0 Å². The topological polar surface area (TPSA) is 34.2 Å². The summed E-state index contributed by atoms with van der Waals surface area (Å²) in [7, 11) is 0. The molecule has 1 N–H and O–H groups in total. The number of nitrogens with zero attached hydrogens (tertiary/aromatic N) is 1. The molecule has 1 aromatic carbocycles. The fraction of sp³-hybridized carbons (Fsp3) is 0.400. The lowest BCUT2D eigenvalue weighted by atomic mass is 10.1. The lowest BCUT2D eigenvalue weighted by molar-refractivity contribution is 0.331. The van der Waals surface area contributed by atoms with Gasteiger partial charge in [-0.3, -0.25) is 0 Å². The van der Waals surface area contributed by atoms with Crippen LogP contribution in [0.1, 0.15) is 25.8 Å². The minimum Gasteiger partial charge on any atom is -0.478 e. The van der Waals surface area contributed by atoms with E-state index in [-0.39, 0.29) is 0 Å². The van der Waals surface area contributed by atoms with Crippen LogP contribution in [-0.2, 0) is 6.54 Å². The Hall–Kier alpha value is -1.61. The predicted octanol–water partition coefficient (Wildman–Crippen LogP) is 3.13. The van der Waals surface area contributed by atoms with Crippen molar-refractivity contribution in [3.63, 3.8) is 0 Å². The van der Waals surface area contributed by atoms with Crippen molar-refractivity contribution in [2.75, 3.05) is 13.2 Å². The number of nitrogens with one attached hydrogen (secondary N) is 1. The van der Waals surface area contributed by atoms with Crippen LogP contribution in [0.4, 0.5) is 0 Å². The van der Waals surface area contributed by atoms with Gasteiger partial charge in [-0.1, -0.05) is 25.1 Å². The predicted molar refractivity (Wildman–Crippen MR) is 74.9 cm³/mol. The monoisotopic (exact) mass is 244 g/mol. The lowest BCUT2D eigenvalue weighted by Crippen LogP contribution is -2.14. The van der Waals surface area contributed by atoms with Gasteiger partial charge >= 0.3 is 0 Å². The molecule has 2 aromatic rings. The SMILES string of the molecule is CCCNCc1cnc(OCC)c2ccccc12. The van der Waals surface area contributed by atoms with Crippen LogP contribution < -0.4 is 10.1 Å². The maximum Gasteiger partial charge on any atom is 0.221 e. The Bertz CT molecular complexity index is 511. The van der Waals surface area contributed by atoms with Gasteiger partial charge in [-0.25, -0.2) is 4.98 Å². The van der Waals surface area contributed by atoms with Crippen molar-refractivity contribution >= 4 is 10.8 Å². The standard InChI is InChI=1S/C15H20N2O/c1-3-9-16-10-12-11-17-15(18-4-2)14-8-6-5-7-13(12)14/h5-8,11,16H,3-4,9-10H2,1-2H3. The third-order valence-corrected chi connectivity index (χ3v) is 2.86. The van der Waals surface area contributed by atoms with E-state index in [9.17, 15) is 0 Å². The van der Waals surface area contributed by atoms with Gasteiger partial charge in [0, 0.05) is 18.1 Å². The molecule has 3 heteroatoms. The zero-order valence-corrected chi connectivity index (χ0v) is 11.1. The molecule has 3 nitrogen and oxygen atoms in total. The molecule has 0 bridgehead atoms. The average molecular weight is 244 g/mol. The Balaban J connectivity index is 2.34. The molecule has 0 aliphatic carbocycles. The highest BCUT2D eigenvalue weighted by molar-refractivity contribution is 5.89. The summed E-state index contributed by atoms with van der Waals surface area (Å²) in [6.07, 6.45) is 3.05. The number of fused-ring (bicyclic) bond motifs is 1. The first-order valence-electron chi connectivity index (χ1n) is 6.57. The minimum atomic E-state index is 0.643. The Morgan fingerprint density at radius 1 is 1.17 bits per heavy atom. The highest BCUT2D eigenvalue weighted by Crippen LogP contribution is 2.25. The fourth-order valence-corrected chi connectivity index (χ4v) is 2.02. The highest BCUT2D eigenvalue weighted by atomic mass is 16.5. The van der Waals surface area contributed by atoms with Crippen molar-refractivity contribution in [3.8, 4) is 5.88 Å². The van der Waals surface area contributed by atoms with Crippen LogP contribution in [0.5, 0.6) is 5.88 Å². The van der Waals surface area contributed by atoms with Crippen molar-refractivity contribution < 1.29 is 4.74 Å². The van der Waals surface area contributed by atoms with E-state index < -0.39 is 0 Å². The normalized spacial score (nSPS) is 10.8. The maximum atomic E-state index is 5.57. The van der Waals surface area contributed by atoms with Crippen LogP contribution in [0.15, 0.2) is 30.5 Å². The van der Waals surface area contributed by atoms with E-state index in [1.165, 1.54) is 10.9 Å². The van der Waals surface area contributed by atoms with Crippen molar-refractivity contribution in [1.82, 2.24) is 10.3 Å². The van der Waals surface area contributed by atoms with E-state index >= 15 is 0 Å². The fourth-order valence-electron chi connectivity index (χ4n) is 2.02. The van der Waals surface area contributed by atoms with E-state index in [0.29, 0.717) is 6.61 Å². The van der Waals surface area contributed by atoms with Crippen LogP contribution in [-0.4, -0.2) is 18.1 Å². The molecular formula is C15H20N2O. The van der Waals surface area contributed by atoms with Gasteiger partial charge in [-0.2, -0.15) is 0 Å². The molecule has 0 saturated carbocycles. The van der Waals surface area contributed by atoms with Gasteiger partial charge in [0.05, 0.1) is 6.61 Å². The quantitative estimate of drug-likeness (QED) is 0.793. The first kappa shape index (κ1) is 12.8. The second-order valence-corrected chi connectivity index (χ2v) is 4.24. The Kier molecular flexibility index (Phi) is 4.53. The summed E-state index contributed by atoms with van der Waals surface area (Å²) in [4.78, 5) is 4.41. The van der Waals surface area contributed by atoms with E-state index in [0.717, 1.165) is 30.8 Å². The van der Waals surface area contributed by atoms with Crippen molar-refractivity contribution in [1.29, 1.82) is 0 Å². The molecule has 0 aliphatic heterocycles. The summed E-state index contributed by atoms with van der Waals surface area (Å²) < 4.78 is 5.57. The number of ether oxygens (including phenoxy) is 1. The minimum absolute atomic E-state index is 0.643. The number of pyridine rings is 1. The van der Waals surface area contributed by atoms with Crippen molar-refractivity contribution in [2.24, 2.45) is 0 Å². The van der Waals surface area contributed by atoms with Crippen LogP contribution >= 0.6 is 0 Å². The third-order valence-electron chi connectivity index (χ3n) is 2.86. The second-order valence-electron chi connectivity index (χ2n) is 4.24. The molecule has 0 fully saturated rings. The molecule has 0 radical (unpaired) electrons. The molecule has 0 amide bonds. The summed E-state index contributed by atoms with van der Waals surface area (Å²) in [5, 5.41) is 5.73. The number of benzene rings is 1. The van der Waals surface area contributed by atoms with E-state index in [4.69, 9.17) is 4.74 Å². The van der Waals surface area contributed by atoms with Crippen LogP contribution in [0.3, 0.4) is 0 Å². The van der Waals surface area contributed by atoms with Crippen LogP contribution in [0, 0.1) is 0 Å². The zero-order valence-electron chi connectivity index (χ0n) is 11.1. The molecule has 0 atom stereocenters. The number of rotatable bonds is 6. The third kappa shape index (κ3) is 2.79. The van der Waals surface area contributed by atoms with Gasteiger partial charge in [0.15, 0.2) is 0 Å². The van der Waals surface area contributed by atoms with Gasteiger partial charge in [0.1, 0.15) is 0 Å². The number of aromatic nitrogens is 1. The molecule has 2 rings (SSSR count). The smallest absolute Gasteiger partial charge is 0.221 e. The Morgan fingerprint density at radius 2 is 1.94 bits per heavy atom. The molecule has 0 unspecified atom stereocenters. The summed E-state index contributed by atoms with van der Waals surface area (Å²) in [6, 6.07) is 8.27. The number of hydrogen-bond acceptors (Lipinski definition) is 3. The summed E-state index contributed by atoms with van der Waals surface area (Å²) in [6.45, 7) is 6.68. The van der Waals surface area contributed by atoms with Gasteiger partial charge in [0.2, 0.25) is 5.88 Å². The molecule has 0 spiro atoms. The molecule has 0 saturated heterocycles. The Labute approximate surface area is 108 Å². The molecule has 96 valence electrons. The molecule has 1 heterocycles. The van der Waals surface area contributed by atoms with Crippen molar-refractivity contribution in [3.05, 3.63) is 36.0 Å². The molecule has 0 aliphatic rings. The lowest BCUT2D eigenvalue weighted by Gasteiger charge is -2.11. The first-order chi connectivity index (χ1) is 8.86. The summed E-state index contributed by atoms with van der Waals surface area (Å²) >= 11 is 0. The summed E-state index contributed by atoms with van der Waals surface area (Å²) in [5.74, 6) is 0.729.